The van der Waals surface area contributed by atoms with Gasteiger partial charge < -0.3 is 21.3 Å². The van der Waals surface area contributed by atoms with Crippen LogP contribution in [0.15, 0.2) is 0 Å². The van der Waals surface area contributed by atoms with Crippen LogP contribution in [-0.4, -0.2) is 33.3 Å². The molecule has 2 aromatic heterocycles. The second kappa shape index (κ2) is 11.8. The summed E-state index contributed by atoms with van der Waals surface area (Å²) in [5, 5.41) is 15.5. The number of aromatic nitrogens is 2. The van der Waals surface area contributed by atoms with Gasteiger partial charge in [-0.05, 0) is 149 Å². The molecule has 4 N–H and O–H groups in total. The van der Waals surface area contributed by atoms with Gasteiger partial charge in [-0.15, -0.1) is 0 Å². The van der Waals surface area contributed by atoms with E-state index in [0.717, 1.165) is 87.5 Å². The number of anilines is 2. The van der Waals surface area contributed by atoms with E-state index in [-0.39, 0.29) is 0 Å². The van der Waals surface area contributed by atoms with Gasteiger partial charge in [-0.3, -0.25) is 9.97 Å². The van der Waals surface area contributed by atoms with E-state index in [1.807, 2.05) is 0 Å². The molecule has 0 fully saturated rings. The topological polar surface area (TPSA) is 73.9 Å². The van der Waals surface area contributed by atoms with Gasteiger partial charge in [0.05, 0.1) is 11.4 Å². The largest absolute Gasteiger partial charge is 0.362 e. The molecule has 0 unspecified atom stereocenters. The van der Waals surface area contributed by atoms with Crippen LogP contribution in [0.25, 0.3) is 0 Å². The van der Waals surface area contributed by atoms with Crippen molar-refractivity contribution in [2.45, 2.75) is 103 Å². The lowest BCUT2D eigenvalue weighted by Gasteiger charge is -2.23. The molecule has 4 aliphatic rings. The van der Waals surface area contributed by atoms with E-state index in [4.69, 9.17) is 34.4 Å². The fourth-order valence-corrected chi connectivity index (χ4v) is 7.17. The summed E-state index contributed by atoms with van der Waals surface area (Å²) < 4.78 is 0. The van der Waals surface area contributed by atoms with Gasteiger partial charge in [0.25, 0.3) is 0 Å². The van der Waals surface area contributed by atoms with Crippen molar-refractivity contribution in [3.63, 3.8) is 0 Å². The zero-order chi connectivity index (χ0) is 25.9. The molecule has 202 valence electrons. The monoisotopic (exact) mass is 548 g/mol. The first-order chi connectivity index (χ1) is 18.7. The molecule has 0 saturated carbocycles. The summed E-state index contributed by atoms with van der Waals surface area (Å²) in [6, 6.07) is 0. The summed E-state index contributed by atoms with van der Waals surface area (Å²) in [4.78, 5) is 10.0. The van der Waals surface area contributed by atoms with Gasteiger partial charge in [0.2, 0.25) is 0 Å². The van der Waals surface area contributed by atoms with Crippen molar-refractivity contribution < 1.29 is 0 Å². The zero-order valence-electron chi connectivity index (χ0n) is 22.4. The van der Waals surface area contributed by atoms with Gasteiger partial charge in [0.15, 0.2) is 10.2 Å². The molecule has 0 atom stereocenters. The number of fused-ring (bicyclic) bond motifs is 4. The third-order valence-electron chi connectivity index (χ3n) is 8.65. The Morgan fingerprint density at radius 3 is 1.26 bits per heavy atom. The third kappa shape index (κ3) is 5.53. The average Bonchev–Trinajstić information content (AvgIpc) is 3.60. The molecule has 0 amide bonds. The van der Waals surface area contributed by atoms with Crippen LogP contribution in [0.2, 0.25) is 0 Å². The van der Waals surface area contributed by atoms with Crippen LogP contribution >= 0.6 is 24.4 Å². The maximum absolute atomic E-state index is 5.70. The van der Waals surface area contributed by atoms with E-state index in [1.165, 1.54) is 94.9 Å². The van der Waals surface area contributed by atoms with Crippen LogP contribution < -0.4 is 21.3 Å². The Morgan fingerprint density at radius 1 is 0.500 bits per heavy atom. The van der Waals surface area contributed by atoms with Crippen LogP contribution in [0.5, 0.6) is 0 Å². The summed E-state index contributed by atoms with van der Waals surface area (Å²) in [7, 11) is 0. The van der Waals surface area contributed by atoms with Crippen LogP contribution in [0.3, 0.4) is 0 Å². The molecule has 38 heavy (non-hydrogen) atoms. The minimum absolute atomic E-state index is 0.736. The van der Waals surface area contributed by atoms with Crippen molar-refractivity contribution in [3.05, 3.63) is 45.0 Å². The minimum Gasteiger partial charge on any atom is -0.362 e. The first kappa shape index (κ1) is 25.9. The van der Waals surface area contributed by atoms with E-state index >= 15 is 0 Å². The van der Waals surface area contributed by atoms with E-state index in [0.29, 0.717) is 0 Å². The number of nitrogens with one attached hydrogen (secondary N) is 4. The molecule has 6 rings (SSSR count). The molecule has 6 nitrogen and oxygen atoms in total. The number of unbranched alkanes of at least 4 members (excludes halogenated alkanes) is 1. The highest BCUT2D eigenvalue weighted by atomic mass is 32.1. The van der Waals surface area contributed by atoms with Gasteiger partial charge in [-0.1, -0.05) is 0 Å². The van der Waals surface area contributed by atoms with Crippen LogP contribution in [0.1, 0.15) is 96.4 Å². The van der Waals surface area contributed by atoms with E-state index in [9.17, 15) is 0 Å². The maximum atomic E-state index is 5.70. The van der Waals surface area contributed by atoms with Gasteiger partial charge in [-0.2, -0.15) is 0 Å². The molecular formula is C30H40N6S2. The van der Waals surface area contributed by atoms with Gasteiger partial charge >= 0.3 is 0 Å². The molecule has 0 radical (unpaired) electrons. The lowest BCUT2D eigenvalue weighted by Crippen LogP contribution is -2.32. The molecule has 2 aromatic rings. The van der Waals surface area contributed by atoms with Crippen LogP contribution in [0, 0.1) is 0 Å². The molecule has 8 heteroatoms. The molecule has 0 aliphatic heterocycles. The van der Waals surface area contributed by atoms with Crippen molar-refractivity contribution in [3.8, 4) is 0 Å². The Kier molecular flexibility index (Phi) is 8.07. The fraction of sp³-hybridized carbons (Fsp3) is 0.600. The molecule has 0 spiro atoms. The van der Waals surface area contributed by atoms with Gasteiger partial charge in [0.1, 0.15) is 0 Å². The summed E-state index contributed by atoms with van der Waals surface area (Å²) >= 11 is 11.4. The molecule has 0 saturated heterocycles. The molecular weight excluding hydrogens is 509 g/mol. The molecule has 2 heterocycles. The maximum Gasteiger partial charge on any atom is 0.170 e. The second-order valence-electron chi connectivity index (χ2n) is 11.3. The Morgan fingerprint density at radius 2 is 0.842 bits per heavy atom. The number of pyridine rings is 2. The van der Waals surface area contributed by atoms with E-state index in [2.05, 4.69) is 21.3 Å². The lowest BCUT2D eigenvalue weighted by molar-refractivity contribution is 0.665. The predicted molar refractivity (Wildman–Crippen MR) is 163 cm³/mol. The van der Waals surface area contributed by atoms with Crippen LogP contribution in [0.4, 0.5) is 11.4 Å². The Bertz CT molecular complexity index is 1140. The Hall–Kier alpha value is -2.32. The average molecular weight is 549 g/mol. The number of thiocarbonyl (C=S) groups is 2. The molecule has 4 aliphatic carbocycles. The minimum atomic E-state index is 0.736. The van der Waals surface area contributed by atoms with E-state index in [1.54, 1.807) is 0 Å². The summed E-state index contributed by atoms with van der Waals surface area (Å²) in [5.74, 6) is 0. The number of hydrogen-bond donors (Lipinski definition) is 4. The standard InChI is InChI=1S/C30H40N6S2/c37-29(35-27-19-9-1-3-13-23(19)33-25-15-7-11-21(25)27)31-17-5-6-18-32-30(38)36-28-20-10-2-4-14-24(20)34-26-16-8-12-22(26)28/h1-18H2,(H2,31,33,35,37)(H2,32,34,36,38). The van der Waals surface area contributed by atoms with Crippen molar-refractivity contribution in [2.75, 3.05) is 23.7 Å². The Labute approximate surface area is 237 Å². The van der Waals surface area contributed by atoms with E-state index < -0.39 is 0 Å². The first-order valence-corrected chi connectivity index (χ1v) is 15.7. The summed E-state index contributed by atoms with van der Waals surface area (Å²) in [6.07, 6.45) is 18.4. The number of rotatable bonds is 7. The number of aryl methyl sites for hydroxylation is 4. The quantitative estimate of drug-likeness (QED) is 0.276. The molecule has 0 aromatic carbocycles. The van der Waals surface area contributed by atoms with Crippen molar-refractivity contribution in [2.24, 2.45) is 0 Å². The Balaban J connectivity index is 0.958. The predicted octanol–water partition coefficient (Wildman–Crippen LogP) is 5.26. The highest BCUT2D eigenvalue weighted by molar-refractivity contribution is 7.80. The third-order valence-corrected chi connectivity index (χ3v) is 9.15. The SMILES string of the molecule is S=C(NCCCCNC(=S)Nc1c2c(nc3c1CCC3)CCCC2)Nc1c2c(nc3c1CCC3)CCCC2. The van der Waals surface area contributed by atoms with Gasteiger partial charge in [-0.25, -0.2) is 0 Å². The van der Waals surface area contributed by atoms with Crippen LogP contribution in [-0.2, 0) is 51.4 Å². The highest BCUT2D eigenvalue weighted by Gasteiger charge is 2.26. The molecule has 0 bridgehead atoms. The second-order valence-corrected chi connectivity index (χ2v) is 12.1. The smallest absolute Gasteiger partial charge is 0.170 e. The normalized spacial score (nSPS) is 17.2. The summed E-state index contributed by atoms with van der Waals surface area (Å²) in [5.41, 5.74) is 13.4. The number of hydrogen-bond acceptors (Lipinski definition) is 4. The van der Waals surface area contributed by atoms with Crippen molar-refractivity contribution in [1.82, 2.24) is 20.6 Å². The summed E-state index contributed by atoms with van der Waals surface area (Å²) in [6.45, 7) is 1.71. The van der Waals surface area contributed by atoms with Gasteiger partial charge in [0, 0.05) is 35.9 Å². The zero-order valence-corrected chi connectivity index (χ0v) is 24.1. The van der Waals surface area contributed by atoms with Crippen molar-refractivity contribution in [1.29, 1.82) is 0 Å². The number of nitrogens with zero attached hydrogens (tertiary/aromatic N) is 2. The van der Waals surface area contributed by atoms with Crippen molar-refractivity contribution >= 4 is 46.0 Å². The fourth-order valence-electron chi connectivity index (χ4n) is 6.77. The highest BCUT2D eigenvalue weighted by Crippen LogP contribution is 2.37. The lowest BCUT2D eigenvalue weighted by atomic mass is 9.92. The first-order valence-electron chi connectivity index (χ1n) is 14.8.